The van der Waals surface area contributed by atoms with E-state index in [1.165, 1.54) is 0 Å². The highest BCUT2D eigenvalue weighted by Gasteiger charge is 2.14. The quantitative estimate of drug-likeness (QED) is 0.794. The molecule has 0 unspecified atom stereocenters. The number of methoxy groups -OCH3 is 1. The van der Waals surface area contributed by atoms with Crippen LogP contribution < -0.4 is 5.32 Å². The van der Waals surface area contributed by atoms with Crippen molar-refractivity contribution < 1.29 is 9.53 Å². The van der Waals surface area contributed by atoms with Crippen LogP contribution in [0.25, 0.3) is 0 Å². The molecule has 0 saturated carbocycles. The SMILES string of the molecule is C=C(C)CN(CC)C(=O)Nc1cccc(Br)c1COC. The molecule has 0 fully saturated rings. The maximum absolute atomic E-state index is 12.3. The summed E-state index contributed by atoms with van der Waals surface area (Å²) >= 11 is 3.47. The highest BCUT2D eigenvalue weighted by atomic mass is 79.9. The number of halogens is 1. The van der Waals surface area contributed by atoms with E-state index in [9.17, 15) is 4.79 Å². The average Bonchev–Trinajstić information content (AvgIpc) is 2.39. The molecule has 0 saturated heterocycles. The summed E-state index contributed by atoms with van der Waals surface area (Å²) in [5.74, 6) is 0. The van der Waals surface area contributed by atoms with Gasteiger partial charge in [-0.1, -0.05) is 34.1 Å². The standard InChI is InChI=1S/C15H21BrN2O2/c1-5-18(9-11(2)3)15(19)17-14-8-6-7-13(16)12(14)10-20-4/h6-8H,2,5,9-10H2,1,3-4H3,(H,17,19). The molecule has 0 bridgehead atoms. The van der Waals surface area contributed by atoms with E-state index in [1.807, 2.05) is 32.0 Å². The van der Waals surface area contributed by atoms with E-state index in [2.05, 4.69) is 27.8 Å². The van der Waals surface area contributed by atoms with Crippen LogP contribution in [0.5, 0.6) is 0 Å². The van der Waals surface area contributed by atoms with Crippen LogP contribution in [-0.4, -0.2) is 31.1 Å². The maximum atomic E-state index is 12.3. The number of nitrogens with zero attached hydrogens (tertiary/aromatic N) is 1. The predicted molar refractivity (Wildman–Crippen MR) is 85.9 cm³/mol. The first kappa shape index (κ1) is 16.7. The number of nitrogens with one attached hydrogen (secondary N) is 1. The second-order valence-electron chi connectivity index (χ2n) is 4.60. The minimum atomic E-state index is -0.133. The molecule has 110 valence electrons. The number of likely N-dealkylation sites (N-methyl/N-ethyl adjacent to an activating group) is 1. The van der Waals surface area contributed by atoms with Gasteiger partial charge >= 0.3 is 6.03 Å². The zero-order valence-electron chi connectivity index (χ0n) is 12.2. The predicted octanol–water partition coefficient (Wildman–Crippen LogP) is 4.03. The van der Waals surface area contributed by atoms with Crippen molar-refractivity contribution in [2.75, 3.05) is 25.5 Å². The molecule has 0 atom stereocenters. The Hall–Kier alpha value is -1.33. The number of anilines is 1. The van der Waals surface area contributed by atoms with E-state index in [0.717, 1.165) is 21.3 Å². The second-order valence-corrected chi connectivity index (χ2v) is 5.45. The number of urea groups is 1. The van der Waals surface area contributed by atoms with Crippen molar-refractivity contribution in [2.45, 2.75) is 20.5 Å². The monoisotopic (exact) mass is 340 g/mol. The van der Waals surface area contributed by atoms with Gasteiger partial charge in [0.05, 0.1) is 6.61 Å². The lowest BCUT2D eigenvalue weighted by Gasteiger charge is -2.22. The summed E-state index contributed by atoms with van der Waals surface area (Å²) in [4.78, 5) is 14.0. The first-order chi connectivity index (χ1) is 9.49. The van der Waals surface area contributed by atoms with E-state index in [1.54, 1.807) is 12.0 Å². The lowest BCUT2D eigenvalue weighted by molar-refractivity contribution is 0.184. The van der Waals surface area contributed by atoms with Crippen LogP contribution in [0.3, 0.4) is 0 Å². The van der Waals surface area contributed by atoms with Gasteiger partial charge < -0.3 is 15.0 Å². The molecule has 2 amide bonds. The highest BCUT2D eigenvalue weighted by Crippen LogP contribution is 2.25. The van der Waals surface area contributed by atoms with Crippen LogP contribution in [0.15, 0.2) is 34.8 Å². The summed E-state index contributed by atoms with van der Waals surface area (Å²) in [6.45, 7) is 9.31. The Balaban J connectivity index is 2.89. The molecule has 4 nitrogen and oxygen atoms in total. The molecule has 1 aromatic rings. The van der Waals surface area contributed by atoms with Gasteiger partial charge in [-0.05, 0) is 26.0 Å². The average molecular weight is 341 g/mol. The van der Waals surface area contributed by atoms with Gasteiger partial charge in [0.15, 0.2) is 0 Å². The molecule has 5 heteroatoms. The molecule has 1 rings (SSSR count). The van der Waals surface area contributed by atoms with Gasteiger partial charge in [-0.25, -0.2) is 4.79 Å². The third kappa shape index (κ3) is 4.65. The van der Waals surface area contributed by atoms with Gasteiger partial charge in [0.1, 0.15) is 0 Å². The van der Waals surface area contributed by atoms with Crippen LogP contribution in [0, 0.1) is 0 Å². The molecular weight excluding hydrogens is 320 g/mol. The van der Waals surface area contributed by atoms with Crippen molar-refractivity contribution in [3.05, 3.63) is 40.4 Å². The first-order valence-electron chi connectivity index (χ1n) is 6.46. The van der Waals surface area contributed by atoms with E-state index >= 15 is 0 Å². The summed E-state index contributed by atoms with van der Waals surface area (Å²) < 4.78 is 6.09. The zero-order valence-corrected chi connectivity index (χ0v) is 13.8. The fourth-order valence-electron chi connectivity index (χ4n) is 1.81. The van der Waals surface area contributed by atoms with Gasteiger partial charge in [0.25, 0.3) is 0 Å². The van der Waals surface area contributed by atoms with E-state index in [4.69, 9.17) is 4.74 Å². The summed E-state index contributed by atoms with van der Waals surface area (Å²) in [5.41, 5.74) is 2.63. The number of amides is 2. The number of benzene rings is 1. The minimum absolute atomic E-state index is 0.133. The van der Waals surface area contributed by atoms with Crippen molar-refractivity contribution >= 4 is 27.6 Å². The molecule has 0 radical (unpaired) electrons. The van der Waals surface area contributed by atoms with Crippen LogP contribution in [0.1, 0.15) is 19.4 Å². The minimum Gasteiger partial charge on any atom is -0.380 e. The maximum Gasteiger partial charge on any atom is 0.322 e. The Morgan fingerprint density at radius 3 is 2.75 bits per heavy atom. The third-order valence-electron chi connectivity index (χ3n) is 2.78. The van der Waals surface area contributed by atoms with Crippen molar-refractivity contribution in [2.24, 2.45) is 0 Å². The fourth-order valence-corrected chi connectivity index (χ4v) is 2.29. The van der Waals surface area contributed by atoms with Crippen molar-refractivity contribution in [3.63, 3.8) is 0 Å². The lowest BCUT2D eigenvalue weighted by atomic mass is 10.2. The van der Waals surface area contributed by atoms with Gasteiger partial charge in [-0.15, -0.1) is 0 Å². The lowest BCUT2D eigenvalue weighted by Crippen LogP contribution is -2.36. The number of carbonyl (C=O) groups excluding carboxylic acids is 1. The molecule has 20 heavy (non-hydrogen) atoms. The summed E-state index contributed by atoms with van der Waals surface area (Å²) in [6, 6.07) is 5.54. The molecule has 0 aliphatic rings. The van der Waals surface area contributed by atoms with Gasteiger partial charge in [0.2, 0.25) is 0 Å². The number of hydrogen-bond donors (Lipinski definition) is 1. The van der Waals surface area contributed by atoms with Crippen LogP contribution >= 0.6 is 15.9 Å². The molecular formula is C15H21BrN2O2. The highest BCUT2D eigenvalue weighted by molar-refractivity contribution is 9.10. The number of carbonyl (C=O) groups is 1. The van der Waals surface area contributed by atoms with Gasteiger partial charge in [0, 0.05) is 35.9 Å². The normalized spacial score (nSPS) is 10.2. The molecule has 0 aliphatic heterocycles. The van der Waals surface area contributed by atoms with Gasteiger partial charge in [-0.3, -0.25) is 0 Å². The summed E-state index contributed by atoms with van der Waals surface area (Å²) in [7, 11) is 1.63. The first-order valence-corrected chi connectivity index (χ1v) is 7.25. The molecule has 1 aromatic carbocycles. The summed E-state index contributed by atoms with van der Waals surface area (Å²) in [5, 5.41) is 2.93. The van der Waals surface area contributed by atoms with Gasteiger partial charge in [-0.2, -0.15) is 0 Å². The third-order valence-corrected chi connectivity index (χ3v) is 3.52. The second kappa shape index (κ2) is 8.07. The Morgan fingerprint density at radius 1 is 1.50 bits per heavy atom. The molecule has 1 N–H and O–H groups in total. The Kier molecular flexibility index (Phi) is 6.75. The Labute approximate surface area is 128 Å². The molecule has 0 aromatic heterocycles. The molecule has 0 spiro atoms. The van der Waals surface area contributed by atoms with E-state index in [0.29, 0.717) is 19.7 Å². The number of hydrogen-bond acceptors (Lipinski definition) is 2. The van der Waals surface area contributed by atoms with E-state index < -0.39 is 0 Å². The van der Waals surface area contributed by atoms with E-state index in [-0.39, 0.29) is 6.03 Å². The Morgan fingerprint density at radius 2 is 2.20 bits per heavy atom. The number of rotatable bonds is 6. The smallest absolute Gasteiger partial charge is 0.322 e. The topological polar surface area (TPSA) is 41.6 Å². The molecule has 0 heterocycles. The van der Waals surface area contributed by atoms with Crippen molar-refractivity contribution in [1.82, 2.24) is 4.90 Å². The van der Waals surface area contributed by atoms with Crippen molar-refractivity contribution in [1.29, 1.82) is 0 Å². The summed E-state index contributed by atoms with van der Waals surface area (Å²) in [6.07, 6.45) is 0. The van der Waals surface area contributed by atoms with Crippen LogP contribution in [0.4, 0.5) is 10.5 Å². The largest absolute Gasteiger partial charge is 0.380 e. The molecule has 0 aliphatic carbocycles. The Bertz CT molecular complexity index is 489. The van der Waals surface area contributed by atoms with Crippen LogP contribution in [-0.2, 0) is 11.3 Å². The van der Waals surface area contributed by atoms with Crippen molar-refractivity contribution in [3.8, 4) is 0 Å². The fraction of sp³-hybridized carbons (Fsp3) is 0.400. The zero-order chi connectivity index (χ0) is 15.1. The van der Waals surface area contributed by atoms with Crippen LogP contribution in [0.2, 0.25) is 0 Å². The number of ether oxygens (including phenoxy) is 1.